The Bertz CT molecular complexity index is 538. The molecule has 1 aromatic carbocycles. The van der Waals surface area contributed by atoms with Gasteiger partial charge in [0, 0.05) is 0 Å². The molecule has 80 valence electrons. The Balaban J connectivity index is 2.43. The fourth-order valence-electron chi connectivity index (χ4n) is 1.39. The first-order valence-corrected chi connectivity index (χ1v) is 4.58. The van der Waals surface area contributed by atoms with E-state index >= 15 is 0 Å². The van der Waals surface area contributed by atoms with Gasteiger partial charge in [-0.15, -0.1) is 0 Å². The van der Waals surface area contributed by atoms with Crippen LogP contribution in [0.15, 0.2) is 36.4 Å². The van der Waals surface area contributed by atoms with Crippen LogP contribution in [0.5, 0.6) is 11.5 Å². The van der Waals surface area contributed by atoms with Gasteiger partial charge < -0.3 is 10.2 Å². The smallest absolute Gasteiger partial charge is 0.226 e. The van der Waals surface area contributed by atoms with Crippen molar-refractivity contribution >= 4 is 17.1 Å². The molecule has 0 radical (unpaired) electrons. The van der Waals surface area contributed by atoms with Crippen LogP contribution in [0.4, 0.5) is 0 Å². The maximum absolute atomic E-state index is 11.1. The summed E-state index contributed by atoms with van der Waals surface area (Å²) in [6, 6.07) is 4.20. The average Bonchev–Trinajstić information content (AvgIpc) is 2.26. The number of aromatic hydroxyl groups is 2. The minimum Gasteiger partial charge on any atom is -0.504 e. The van der Waals surface area contributed by atoms with Gasteiger partial charge in [-0.3, -0.25) is 9.59 Å². The topological polar surface area (TPSA) is 74.6 Å². The fourth-order valence-corrected chi connectivity index (χ4v) is 1.39. The molecule has 0 saturated heterocycles. The summed E-state index contributed by atoms with van der Waals surface area (Å²) in [6.07, 6.45) is 3.88. The third kappa shape index (κ3) is 1.72. The number of hydrogen-bond donors (Lipinski definition) is 2. The summed E-state index contributed by atoms with van der Waals surface area (Å²) in [5.74, 6) is -1.65. The van der Waals surface area contributed by atoms with Crippen LogP contribution in [-0.4, -0.2) is 21.8 Å². The maximum Gasteiger partial charge on any atom is 0.226 e. The molecule has 4 nitrogen and oxygen atoms in total. The molecule has 0 spiro atoms. The highest BCUT2D eigenvalue weighted by atomic mass is 16.3. The van der Waals surface area contributed by atoms with Gasteiger partial charge in [-0.2, -0.15) is 0 Å². The van der Waals surface area contributed by atoms with Gasteiger partial charge in [0.15, 0.2) is 11.5 Å². The lowest BCUT2D eigenvalue weighted by molar-refractivity contribution is -0.131. The summed E-state index contributed by atoms with van der Waals surface area (Å²) in [6.45, 7) is 0. The van der Waals surface area contributed by atoms with E-state index in [9.17, 15) is 14.7 Å². The Morgan fingerprint density at radius 1 is 0.875 bits per heavy atom. The number of benzene rings is 1. The molecule has 2 rings (SSSR count). The van der Waals surface area contributed by atoms with Crippen LogP contribution in [0.1, 0.15) is 5.56 Å². The SMILES string of the molecule is O=C1C=CC(c2ccc(O)c(O)c2)=CC1=O. The Morgan fingerprint density at radius 3 is 2.25 bits per heavy atom. The first kappa shape index (κ1) is 10.2. The number of ketones is 2. The van der Waals surface area contributed by atoms with Crippen molar-refractivity contribution in [2.24, 2.45) is 0 Å². The zero-order valence-electron chi connectivity index (χ0n) is 8.18. The van der Waals surface area contributed by atoms with Crippen molar-refractivity contribution in [3.05, 3.63) is 42.0 Å². The van der Waals surface area contributed by atoms with Crippen LogP contribution >= 0.6 is 0 Å². The van der Waals surface area contributed by atoms with Gasteiger partial charge in [0.1, 0.15) is 0 Å². The van der Waals surface area contributed by atoms with E-state index in [1.165, 1.54) is 30.4 Å². The molecule has 1 aliphatic rings. The van der Waals surface area contributed by atoms with Crippen molar-refractivity contribution in [3.8, 4) is 11.5 Å². The van der Waals surface area contributed by atoms with Crippen LogP contribution in [-0.2, 0) is 9.59 Å². The monoisotopic (exact) mass is 216 g/mol. The van der Waals surface area contributed by atoms with Crippen LogP contribution in [0.2, 0.25) is 0 Å². The molecule has 0 amide bonds. The Labute approximate surface area is 91.1 Å². The van der Waals surface area contributed by atoms with Crippen LogP contribution in [0.25, 0.3) is 5.57 Å². The first-order valence-electron chi connectivity index (χ1n) is 4.58. The van der Waals surface area contributed by atoms with Crippen LogP contribution in [0.3, 0.4) is 0 Å². The number of hydrogen-bond acceptors (Lipinski definition) is 4. The minimum absolute atomic E-state index is 0.230. The Kier molecular flexibility index (Phi) is 2.32. The van der Waals surface area contributed by atoms with Gasteiger partial charge in [0.2, 0.25) is 11.6 Å². The molecule has 0 unspecified atom stereocenters. The lowest BCUT2D eigenvalue weighted by Crippen LogP contribution is -2.11. The lowest BCUT2D eigenvalue weighted by atomic mass is 9.98. The van der Waals surface area contributed by atoms with Gasteiger partial charge in [0.05, 0.1) is 0 Å². The summed E-state index contributed by atoms with van der Waals surface area (Å²) in [5, 5.41) is 18.4. The second-order valence-corrected chi connectivity index (χ2v) is 3.37. The molecule has 4 heteroatoms. The number of phenols is 2. The van der Waals surface area contributed by atoms with Crippen LogP contribution < -0.4 is 0 Å². The van der Waals surface area contributed by atoms with E-state index in [0.717, 1.165) is 0 Å². The van der Waals surface area contributed by atoms with Crippen LogP contribution in [0, 0.1) is 0 Å². The van der Waals surface area contributed by atoms with Crippen molar-refractivity contribution in [3.63, 3.8) is 0 Å². The molecule has 2 N–H and O–H groups in total. The maximum atomic E-state index is 11.1. The molecule has 0 aromatic heterocycles. The van der Waals surface area contributed by atoms with Gasteiger partial charge in [-0.05, 0) is 35.4 Å². The second kappa shape index (κ2) is 3.66. The van der Waals surface area contributed by atoms with Crippen molar-refractivity contribution in [1.29, 1.82) is 0 Å². The molecule has 0 bridgehead atoms. The largest absolute Gasteiger partial charge is 0.504 e. The van der Waals surface area contributed by atoms with Gasteiger partial charge >= 0.3 is 0 Å². The predicted molar refractivity (Wildman–Crippen MR) is 56.9 cm³/mol. The molecule has 1 aliphatic carbocycles. The summed E-state index contributed by atoms with van der Waals surface area (Å²) in [5.41, 5.74) is 1.09. The summed E-state index contributed by atoms with van der Waals surface area (Å²) in [4.78, 5) is 22.1. The summed E-state index contributed by atoms with van der Waals surface area (Å²) < 4.78 is 0. The van der Waals surface area contributed by atoms with E-state index in [2.05, 4.69) is 0 Å². The summed E-state index contributed by atoms with van der Waals surface area (Å²) in [7, 11) is 0. The van der Waals surface area contributed by atoms with E-state index in [0.29, 0.717) is 11.1 Å². The highest BCUT2D eigenvalue weighted by Gasteiger charge is 2.14. The molecule has 0 saturated carbocycles. The van der Waals surface area contributed by atoms with E-state index in [1.54, 1.807) is 6.07 Å². The number of allylic oxidation sites excluding steroid dienone is 4. The summed E-state index contributed by atoms with van der Waals surface area (Å²) >= 11 is 0. The van der Waals surface area contributed by atoms with E-state index in [1.807, 2.05) is 0 Å². The molecule has 16 heavy (non-hydrogen) atoms. The molecule has 0 aliphatic heterocycles. The lowest BCUT2D eigenvalue weighted by Gasteiger charge is -2.07. The number of carbonyl (C=O) groups excluding carboxylic acids is 2. The fraction of sp³-hybridized carbons (Fsp3) is 0. The van der Waals surface area contributed by atoms with Crippen molar-refractivity contribution < 1.29 is 19.8 Å². The molecular formula is C12H8O4. The number of phenolic OH excluding ortho intramolecular Hbond substituents is 2. The van der Waals surface area contributed by atoms with Crippen molar-refractivity contribution in [2.45, 2.75) is 0 Å². The zero-order chi connectivity index (χ0) is 11.7. The molecule has 0 atom stereocenters. The minimum atomic E-state index is -0.593. The molecular weight excluding hydrogens is 208 g/mol. The normalized spacial score (nSPS) is 15.1. The highest BCUT2D eigenvalue weighted by molar-refractivity contribution is 6.48. The van der Waals surface area contributed by atoms with E-state index in [4.69, 9.17) is 5.11 Å². The van der Waals surface area contributed by atoms with E-state index < -0.39 is 11.6 Å². The average molecular weight is 216 g/mol. The third-order valence-corrected chi connectivity index (χ3v) is 2.25. The third-order valence-electron chi connectivity index (χ3n) is 2.25. The second-order valence-electron chi connectivity index (χ2n) is 3.37. The van der Waals surface area contributed by atoms with E-state index in [-0.39, 0.29) is 11.5 Å². The molecule has 0 heterocycles. The van der Waals surface area contributed by atoms with Gasteiger partial charge in [0.25, 0.3) is 0 Å². The number of carbonyl (C=O) groups is 2. The standard InChI is InChI=1S/C12H8O4/c13-9-3-1-7(5-11(9)15)8-2-4-10(14)12(16)6-8/h1-6,13,15H. The van der Waals surface area contributed by atoms with Crippen molar-refractivity contribution in [2.75, 3.05) is 0 Å². The Hall–Kier alpha value is -2.36. The predicted octanol–water partition coefficient (Wildman–Crippen LogP) is 1.19. The molecule has 1 aromatic rings. The van der Waals surface area contributed by atoms with Gasteiger partial charge in [-0.1, -0.05) is 12.1 Å². The highest BCUT2D eigenvalue weighted by Crippen LogP contribution is 2.29. The zero-order valence-corrected chi connectivity index (χ0v) is 8.18. The quantitative estimate of drug-likeness (QED) is 0.420. The van der Waals surface area contributed by atoms with Crippen molar-refractivity contribution in [1.82, 2.24) is 0 Å². The number of rotatable bonds is 1. The molecule has 0 fully saturated rings. The first-order chi connectivity index (χ1) is 7.58. The Morgan fingerprint density at radius 2 is 1.62 bits per heavy atom. The van der Waals surface area contributed by atoms with Gasteiger partial charge in [-0.25, -0.2) is 0 Å².